The molecule has 3 heteroatoms. The lowest BCUT2D eigenvalue weighted by molar-refractivity contribution is 0.0773. The standard InChI is InChI=1S/C17H25FN2/c18-11-6-12-20-14-17(9-4-5-10-17)19-13-16(20)15-7-2-1-3-8-15/h1-3,7-8,16,19H,4-6,9-14H2. The summed E-state index contributed by atoms with van der Waals surface area (Å²) >= 11 is 0. The van der Waals surface area contributed by atoms with Crippen molar-refractivity contribution >= 4 is 0 Å². The Morgan fingerprint density at radius 2 is 1.95 bits per heavy atom. The van der Waals surface area contributed by atoms with Gasteiger partial charge < -0.3 is 5.32 Å². The molecule has 2 fully saturated rings. The SMILES string of the molecule is FCCCN1CC2(CCCC2)NCC1c1ccccc1. The Labute approximate surface area is 121 Å². The molecule has 1 aromatic rings. The fraction of sp³-hybridized carbons (Fsp3) is 0.647. The van der Waals surface area contributed by atoms with Gasteiger partial charge in [0.25, 0.3) is 0 Å². The molecule has 1 saturated heterocycles. The van der Waals surface area contributed by atoms with Gasteiger partial charge in [0, 0.05) is 31.2 Å². The third-order valence-electron chi connectivity index (χ3n) is 4.94. The van der Waals surface area contributed by atoms with E-state index in [0.29, 0.717) is 18.0 Å². The number of alkyl halides is 1. The maximum absolute atomic E-state index is 12.6. The summed E-state index contributed by atoms with van der Waals surface area (Å²) in [5, 5.41) is 3.81. The summed E-state index contributed by atoms with van der Waals surface area (Å²) in [5.74, 6) is 0. The molecule has 1 heterocycles. The van der Waals surface area contributed by atoms with Crippen LogP contribution in [0.1, 0.15) is 43.7 Å². The molecule has 1 aliphatic heterocycles. The zero-order valence-corrected chi connectivity index (χ0v) is 12.2. The maximum Gasteiger partial charge on any atom is 0.0906 e. The molecule has 0 aromatic heterocycles. The molecule has 2 aliphatic rings. The van der Waals surface area contributed by atoms with E-state index < -0.39 is 0 Å². The van der Waals surface area contributed by atoms with Gasteiger partial charge in [0.15, 0.2) is 0 Å². The highest BCUT2D eigenvalue weighted by molar-refractivity contribution is 5.21. The van der Waals surface area contributed by atoms with Crippen LogP contribution in [0.15, 0.2) is 30.3 Å². The van der Waals surface area contributed by atoms with Crippen molar-refractivity contribution in [3.63, 3.8) is 0 Å². The van der Waals surface area contributed by atoms with Gasteiger partial charge in [0.05, 0.1) is 6.67 Å². The number of halogens is 1. The van der Waals surface area contributed by atoms with Crippen molar-refractivity contribution in [3.8, 4) is 0 Å². The second-order valence-corrected chi connectivity index (χ2v) is 6.31. The largest absolute Gasteiger partial charge is 0.308 e. The van der Waals surface area contributed by atoms with Gasteiger partial charge in [-0.1, -0.05) is 43.2 Å². The van der Waals surface area contributed by atoms with Crippen molar-refractivity contribution in [2.24, 2.45) is 0 Å². The summed E-state index contributed by atoms with van der Waals surface area (Å²) < 4.78 is 12.6. The van der Waals surface area contributed by atoms with Crippen LogP contribution in [0.3, 0.4) is 0 Å². The molecule has 1 aliphatic carbocycles. The van der Waals surface area contributed by atoms with Gasteiger partial charge in [-0.3, -0.25) is 9.29 Å². The van der Waals surface area contributed by atoms with Gasteiger partial charge >= 0.3 is 0 Å². The fourth-order valence-corrected chi connectivity index (χ4v) is 3.89. The second kappa shape index (κ2) is 6.23. The Balaban J connectivity index is 1.76. The van der Waals surface area contributed by atoms with Crippen LogP contribution in [-0.2, 0) is 0 Å². The van der Waals surface area contributed by atoms with E-state index in [1.165, 1.54) is 31.2 Å². The number of hydrogen-bond donors (Lipinski definition) is 1. The van der Waals surface area contributed by atoms with E-state index in [2.05, 4.69) is 40.5 Å². The highest BCUT2D eigenvalue weighted by Gasteiger charge is 2.41. The Hall–Kier alpha value is -0.930. The molecule has 1 saturated carbocycles. The molecule has 1 spiro atoms. The van der Waals surface area contributed by atoms with E-state index >= 15 is 0 Å². The summed E-state index contributed by atoms with van der Waals surface area (Å²) in [5.41, 5.74) is 1.66. The van der Waals surface area contributed by atoms with E-state index in [1.807, 2.05) is 0 Å². The number of benzene rings is 1. The molecule has 3 rings (SSSR count). The third kappa shape index (κ3) is 2.89. The zero-order valence-electron chi connectivity index (χ0n) is 12.2. The third-order valence-corrected chi connectivity index (χ3v) is 4.94. The van der Waals surface area contributed by atoms with E-state index in [-0.39, 0.29) is 6.67 Å². The number of nitrogens with zero attached hydrogens (tertiary/aromatic N) is 1. The van der Waals surface area contributed by atoms with Gasteiger partial charge in [-0.2, -0.15) is 0 Å². The molecular formula is C17H25FN2. The van der Waals surface area contributed by atoms with Crippen LogP contribution in [0.2, 0.25) is 0 Å². The average molecular weight is 276 g/mol. The van der Waals surface area contributed by atoms with Crippen LogP contribution in [0, 0.1) is 0 Å². The van der Waals surface area contributed by atoms with Crippen molar-refractivity contribution in [2.75, 3.05) is 26.3 Å². The topological polar surface area (TPSA) is 15.3 Å². The van der Waals surface area contributed by atoms with E-state index in [1.54, 1.807) is 0 Å². The van der Waals surface area contributed by atoms with Gasteiger partial charge in [-0.25, -0.2) is 0 Å². The monoisotopic (exact) mass is 276 g/mol. The van der Waals surface area contributed by atoms with Crippen LogP contribution in [0.25, 0.3) is 0 Å². The molecule has 110 valence electrons. The van der Waals surface area contributed by atoms with Crippen molar-refractivity contribution in [3.05, 3.63) is 35.9 Å². The Morgan fingerprint density at radius 1 is 1.20 bits per heavy atom. The van der Waals surface area contributed by atoms with Crippen LogP contribution >= 0.6 is 0 Å². The van der Waals surface area contributed by atoms with E-state index in [9.17, 15) is 4.39 Å². The molecular weight excluding hydrogens is 251 g/mol. The molecule has 1 aromatic carbocycles. The van der Waals surface area contributed by atoms with Crippen molar-refractivity contribution in [2.45, 2.75) is 43.7 Å². The number of hydrogen-bond acceptors (Lipinski definition) is 2. The molecule has 2 nitrogen and oxygen atoms in total. The lowest BCUT2D eigenvalue weighted by atomic mass is 9.90. The van der Waals surface area contributed by atoms with Gasteiger partial charge in [0.2, 0.25) is 0 Å². The molecule has 1 atom stereocenters. The first kappa shape index (κ1) is 14.0. The molecule has 0 radical (unpaired) electrons. The second-order valence-electron chi connectivity index (χ2n) is 6.31. The first-order valence-corrected chi connectivity index (χ1v) is 7.93. The fourth-order valence-electron chi connectivity index (χ4n) is 3.89. The summed E-state index contributed by atoms with van der Waals surface area (Å²) in [6.07, 6.45) is 5.88. The molecule has 0 bridgehead atoms. The predicted octanol–water partition coefficient (Wildman–Crippen LogP) is 3.31. The Kier molecular flexibility index (Phi) is 4.37. The average Bonchev–Trinajstić information content (AvgIpc) is 2.94. The normalized spacial score (nSPS) is 26.1. The lowest BCUT2D eigenvalue weighted by Crippen LogP contribution is -2.60. The number of nitrogens with one attached hydrogen (secondary N) is 1. The van der Waals surface area contributed by atoms with Gasteiger partial charge in [0.1, 0.15) is 0 Å². The van der Waals surface area contributed by atoms with Crippen molar-refractivity contribution in [1.82, 2.24) is 10.2 Å². The summed E-state index contributed by atoms with van der Waals surface area (Å²) in [6, 6.07) is 11.0. The van der Waals surface area contributed by atoms with Crippen LogP contribution in [0.4, 0.5) is 4.39 Å². The zero-order chi connectivity index (χ0) is 13.8. The van der Waals surface area contributed by atoms with Crippen LogP contribution in [0.5, 0.6) is 0 Å². The summed E-state index contributed by atoms with van der Waals surface area (Å²) in [4.78, 5) is 2.51. The highest BCUT2D eigenvalue weighted by Crippen LogP contribution is 2.36. The Morgan fingerprint density at radius 3 is 2.65 bits per heavy atom. The predicted molar refractivity (Wildman–Crippen MR) is 80.5 cm³/mol. The van der Waals surface area contributed by atoms with E-state index in [4.69, 9.17) is 0 Å². The van der Waals surface area contributed by atoms with Crippen molar-refractivity contribution < 1.29 is 4.39 Å². The lowest BCUT2D eigenvalue weighted by Gasteiger charge is -2.46. The molecule has 20 heavy (non-hydrogen) atoms. The highest BCUT2D eigenvalue weighted by atomic mass is 19.1. The Bertz CT molecular complexity index is 414. The van der Waals surface area contributed by atoms with Crippen molar-refractivity contribution in [1.29, 1.82) is 0 Å². The smallest absolute Gasteiger partial charge is 0.0906 e. The van der Waals surface area contributed by atoms with Gasteiger partial charge in [-0.05, 0) is 24.8 Å². The van der Waals surface area contributed by atoms with Crippen LogP contribution in [-0.4, -0.2) is 36.7 Å². The van der Waals surface area contributed by atoms with E-state index in [0.717, 1.165) is 19.6 Å². The quantitative estimate of drug-likeness (QED) is 0.907. The number of rotatable bonds is 4. The molecule has 0 amide bonds. The first-order valence-electron chi connectivity index (χ1n) is 7.93. The molecule has 1 N–H and O–H groups in total. The minimum absolute atomic E-state index is 0.210. The van der Waals surface area contributed by atoms with Crippen LogP contribution < -0.4 is 5.32 Å². The maximum atomic E-state index is 12.6. The van der Waals surface area contributed by atoms with Gasteiger partial charge in [-0.15, -0.1) is 0 Å². The minimum Gasteiger partial charge on any atom is -0.308 e. The first-order chi connectivity index (χ1) is 9.83. The molecule has 1 unspecified atom stereocenters. The number of piperazine rings is 1. The summed E-state index contributed by atoms with van der Waals surface area (Å²) in [6.45, 7) is 2.74. The minimum atomic E-state index is -0.210. The summed E-state index contributed by atoms with van der Waals surface area (Å²) in [7, 11) is 0.